The topological polar surface area (TPSA) is 48.4 Å². The Kier molecular flexibility index (Phi) is 3.04. The number of rotatable bonds is 2. The first-order chi connectivity index (χ1) is 5.77. The standard InChI is InChI=1S/C7H6BrNO3/c1-11-6-4-5(2-3-9-6)7(10)12-8/h2-4H,1H3. The Morgan fingerprint density at radius 3 is 3.00 bits per heavy atom. The Morgan fingerprint density at radius 2 is 2.42 bits per heavy atom. The Balaban J connectivity index is 2.93. The summed E-state index contributed by atoms with van der Waals surface area (Å²) in [4.78, 5) is 14.8. The molecule has 0 radical (unpaired) electrons. The summed E-state index contributed by atoms with van der Waals surface area (Å²) in [6, 6.07) is 3.02. The van der Waals surface area contributed by atoms with Crippen LogP contribution in [-0.2, 0) is 3.83 Å². The summed E-state index contributed by atoms with van der Waals surface area (Å²) in [5.74, 6) is -0.0962. The molecular formula is C7H6BrNO3. The highest BCUT2D eigenvalue weighted by Gasteiger charge is 2.06. The fourth-order valence-electron chi connectivity index (χ4n) is 0.693. The van der Waals surface area contributed by atoms with E-state index in [-0.39, 0.29) is 0 Å². The summed E-state index contributed by atoms with van der Waals surface area (Å²) in [6.45, 7) is 0. The van der Waals surface area contributed by atoms with Crippen LogP contribution in [0.3, 0.4) is 0 Å². The fourth-order valence-corrected chi connectivity index (χ4v) is 0.879. The number of carbonyl (C=O) groups is 1. The number of hydrogen-bond acceptors (Lipinski definition) is 4. The van der Waals surface area contributed by atoms with Gasteiger partial charge in [0.05, 0.1) is 12.7 Å². The Labute approximate surface area is 78.0 Å². The van der Waals surface area contributed by atoms with Gasteiger partial charge in [-0.05, 0) is 6.07 Å². The van der Waals surface area contributed by atoms with Gasteiger partial charge in [-0.2, -0.15) is 0 Å². The van der Waals surface area contributed by atoms with E-state index in [0.29, 0.717) is 11.4 Å². The van der Waals surface area contributed by atoms with Crippen molar-refractivity contribution >= 4 is 22.2 Å². The van der Waals surface area contributed by atoms with Crippen LogP contribution in [0.5, 0.6) is 5.88 Å². The average molecular weight is 232 g/mol. The second-order valence-electron chi connectivity index (χ2n) is 1.95. The average Bonchev–Trinajstić information content (AvgIpc) is 2.17. The maximum atomic E-state index is 10.9. The van der Waals surface area contributed by atoms with Gasteiger partial charge < -0.3 is 8.57 Å². The number of hydrogen-bond donors (Lipinski definition) is 0. The first-order valence-corrected chi connectivity index (χ1v) is 3.75. The minimum absolute atomic E-state index is 0.380. The minimum Gasteiger partial charge on any atom is -0.481 e. The van der Waals surface area contributed by atoms with Crippen molar-refractivity contribution in [1.82, 2.24) is 4.98 Å². The van der Waals surface area contributed by atoms with Crippen LogP contribution in [0.4, 0.5) is 0 Å². The molecular weight excluding hydrogens is 226 g/mol. The van der Waals surface area contributed by atoms with Gasteiger partial charge in [0.1, 0.15) is 0 Å². The molecule has 12 heavy (non-hydrogen) atoms. The van der Waals surface area contributed by atoms with Gasteiger partial charge in [-0.15, -0.1) is 0 Å². The minimum atomic E-state index is -0.476. The molecule has 0 fully saturated rings. The van der Waals surface area contributed by atoms with E-state index >= 15 is 0 Å². The van der Waals surface area contributed by atoms with Gasteiger partial charge in [-0.25, -0.2) is 9.78 Å². The summed E-state index contributed by atoms with van der Waals surface area (Å²) in [7, 11) is 1.48. The Bertz CT molecular complexity index is 290. The summed E-state index contributed by atoms with van der Waals surface area (Å²) in [5.41, 5.74) is 0.388. The third-order valence-corrected chi connectivity index (χ3v) is 1.54. The van der Waals surface area contributed by atoms with E-state index in [9.17, 15) is 4.79 Å². The molecule has 64 valence electrons. The maximum absolute atomic E-state index is 10.9. The quantitative estimate of drug-likeness (QED) is 0.776. The smallest absolute Gasteiger partial charge is 0.349 e. The molecule has 0 spiro atoms. The summed E-state index contributed by atoms with van der Waals surface area (Å²) < 4.78 is 9.14. The molecule has 0 unspecified atom stereocenters. The lowest BCUT2D eigenvalue weighted by atomic mass is 10.3. The van der Waals surface area contributed by atoms with Crippen LogP contribution in [0.1, 0.15) is 10.4 Å². The van der Waals surface area contributed by atoms with Gasteiger partial charge in [0.2, 0.25) is 5.88 Å². The molecule has 0 amide bonds. The lowest BCUT2D eigenvalue weighted by Gasteiger charge is -1.99. The highest BCUT2D eigenvalue weighted by atomic mass is 79.9. The molecule has 1 aromatic rings. The SMILES string of the molecule is COc1cc(C(=O)OBr)ccn1. The maximum Gasteiger partial charge on any atom is 0.349 e. The van der Waals surface area contributed by atoms with Gasteiger partial charge in [-0.1, -0.05) is 0 Å². The van der Waals surface area contributed by atoms with Crippen molar-refractivity contribution < 1.29 is 13.4 Å². The van der Waals surface area contributed by atoms with E-state index < -0.39 is 5.97 Å². The predicted molar refractivity (Wildman–Crippen MR) is 45.1 cm³/mol. The van der Waals surface area contributed by atoms with Crippen molar-refractivity contribution in [1.29, 1.82) is 0 Å². The zero-order valence-electron chi connectivity index (χ0n) is 6.28. The molecule has 5 heteroatoms. The van der Waals surface area contributed by atoms with Crippen LogP contribution >= 0.6 is 16.3 Å². The van der Waals surface area contributed by atoms with Crippen LogP contribution in [0.2, 0.25) is 0 Å². The van der Waals surface area contributed by atoms with E-state index in [0.717, 1.165) is 0 Å². The molecule has 0 saturated heterocycles. The lowest BCUT2D eigenvalue weighted by molar-refractivity contribution is 0.0781. The second-order valence-corrected chi connectivity index (χ2v) is 2.28. The summed E-state index contributed by atoms with van der Waals surface area (Å²) in [5, 5.41) is 0. The number of nitrogens with zero attached hydrogens (tertiary/aromatic N) is 1. The van der Waals surface area contributed by atoms with Gasteiger partial charge in [-0.3, -0.25) is 0 Å². The molecule has 4 nitrogen and oxygen atoms in total. The highest BCUT2D eigenvalue weighted by molar-refractivity contribution is 9.06. The molecule has 0 aliphatic rings. The van der Waals surface area contributed by atoms with Crippen LogP contribution < -0.4 is 4.74 Å². The second kappa shape index (κ2) is 4.06. The molecule has 0 saturated carbocycles. The first kappa shape index (κ1) is 8.99. The van der Waals surface area contributed by atoms with Crippen LogP contribution in [0, 0.1) is 0 Å². The zero-order valence-corrected chi connectivity index (χ0v) is 7.87. The Morgan fingerprint density at radius 1 is 1.67 bits per heavy atom. The van der Waals surface area contributed by atoms with E-state index in [1.807, 2.05) is 0 Å². The third-order valence-electron chi connectivity index (χ3n) is 1.25. The molecule has 1 rings (SSSR count). The monoisotopic (exact) mass is 231 g/mol. The van der Waals surface area contributed by atoms with Crippen molar-refractivity contribution in [3.63, 3.8) is 0 Å². The van der Waals surface area contributed by atoms with Crippen molar-refractivity contribution in [2.24, 2.45) is 0 Å². The van der Waals surface area contributed by atoms with Crippen molar-refractivity contribution in [3.8, 4) is 5.88 Å². The summed E-state index contributed by atoms with van der Waals surface area (Å²) >= 11 is 2.59. The largest absolute Gasteiger partial charge is 0.481 e. The van der Waals surface area contributed by atoms with Gasteiger partial charge >= 0.3 is 5.97 Å². The number of methoxy groups -OCH3 is 1. The molecule has 0 aromatic carbocycles. The molecule has 1 heterocycles. The van der Waals surface area contributed by atoms with Gasteiger partial charge in [0, 0.05) is 12.3 Å². The van der Waals surface area contributed by atoms with Crippen molar-refractivity contribution in [2.75, 3.05) is 7.11 Å². The number of ether oxygens (including phenoxy) is 1. The van der Waals surface area contributed by atoms with Gasteiger partial charge in [0.15, 0.2) is 16.3 Å². The number of carbonyl (C=O) groups excluding carboxylic acids is 1. The third kappa shape index (κ3) is 1.94. The highest BCUT2D eigenvalue weighted by Crippen LogP contribution is 2.10. The lowest BCUT2D eigenvalue weighted by Crippen LogP contribution is -1.98. The van der Waals surface area contributed by atoms with E-state index in [2.05, 4.69) is 25.1 Å². The van der Waals surface area contributed by atoms with Crippen molar-refractivity contribution in [2.45, 2.75) is 0 Å². The van der Waals surface area contributed by atoms with Crippen LogP contribution in [0.25, 0.3) is 0 Å². The fraction of sp³-hybridized carbons (Fsp3) is 0.143. The molecule has 0 atom stereocenters. The number of aromatic nitrogens is 1. The molecule has 0 aliphatic heterocycles. The predicted octanol–water partition coefficient (Wildman–Crippen LogP) is 1.56. The van der Waals surface area contributed by atoms with Crippen LogP contribution in [-0.4, -0.2) is 18.1 Å². The van der Waals surface area contributed by atoms with Gasteiger partial charge in [0.25, 0.3) is 0 Å². The number of halogens is 1. The van der Waals surface area contributed by atoms with E-state index in [4.69, 9.17) is 4.74 Å². The molecule has 0 aliphatic carbocycles. The number of pyridine rings is 1. The first-order valence-electron chi connectivity index (χ1n) is 3.11. The normalized spacial score (nSPS) is 9.17. The van der Waals surface area contributed by atoms with E-state index in [1.165, 1.54) is 25.4 Å². The van der Waals surface area contributed by atoms with E-state index in [1.54, 1.807) is 0 Å². The molecule has 0 bridgehead atoms. The summed E-state index contributed by atoms with van der Waals surface area (Å²) in [6.07, 6.45) is 1.47. The van der Waals surface area contributed by atoms with Crippen molar-refractivity contribution in [3.05, 3.63) is 23.9 Å². The molecule has 1 aromatic heterocycles. The zero-order chi connectivity index (χ0) is 8.97. The van der Waals surface area contributed by atoms with Crippen LogP contribution in [0.15, 0.2) is 18.3 Å². The molecule has 0 N–H and O–H groups in total. The Hall–Kier alpha value is -1.10.